The van der Waals surface area contributed by atoms with Gasteiger partial charge in [0.25, 0.3) is 0 Å². The Morgan fingerprint density at radius 1 is 1.25 bits per heavy atom. The molecule has 0 unspecified atom stereocenters. The Hall–Kier alpha value is 0.0600. The zero-order valence-corrected chi connectivity index (χ0v) is 8.39. The molecule has 0 N–H and O–H groups in total. The molecular weight excluding hydrogens is 171 g/mol. The quantitative estimate of drug-likeness (QED) is 0.487. The zero-order valence-electron chi connectivity index (χ0n) is 7.50. The molecule has 0 radical (unpaired) electrons. The highest BCUT2D eigenvalue weighted by molar-refractivity contribution is 7.17. The normalized spacial score (nSPS) is 20.0. The standard InChI is InChI=1S/C9H17O2P/c10-12-11-8-4-7-9-5-2-1-3-6-9/h9H,1-8H2. The van der Waals surface area contributed by atoms with E-state index in [1.54, 1.807) is 0 Å². The summed E-state index contributed by atoms with van der Waals surface area (Å²) >= 11 is 0. The molecule has 0 bridgehead atoms. The van der Waals surface area contributed by atoms with Crippen LogP contribution in [0.25, 0.3) is 0 Å². The molecule has 70 valence electrons. The minimum atomic E-state index is -0.168. The van der Waals surface area contributed by atoms with Crippen molar-refractivity contribution in [1.29, 1.82) is 0 Å². The first-order valence-electron chi connectivity index (χ1n) is 4.88. The van der Waals surface area contributed by atoms with Crippen LogP contribution in [0.15, 0.2) is 0 Å². The van der Waals surface area contributed by atoms with E-state index in [4.69, 9.17) is 4.52 Å². The third kappa shape index (κ3) is 4.18. The third-order valence-corrected chi connectivity index (χ3v) is 2.91. The van der Waals surface area contributed by atoms with Crippen molar-refractivity contribution in [1.82, 2.24) is 0 Å². The average molecular weight is 188 g/mol. The summed E-state index contributed by atoms with van der Waals surface area (Å²) in [5.41, 5.74) is 0. The van der Waals surface area contributed by atoms with Crippen molar-refractivity contribution in [2.45, 2.75) is 44.9 Å². The predicted octanol–water partition coefficient (Wildman–Crippen LogP) is 3.57. The summed E-state index contributed by atoms with van der Waals surface area (Å²) in [5.74, 6) is 0.922. The smallest absolute Gasteiger partial charge is 0.294 e. The third-order valence-electron chi connectivity index (χ3n) is 2.63. The molecule has 2 nitrogen and oxygen atoms in total. The molecule has 0 heterocycles. The monoisotopic (exact) mass is 188 g/mol. The van der Waals surface area contributed by atoms with E-state index in [0.717, 1.165) is 12.3 Å². The molecule has 0 aliphatic heterocycles. The van der Waals surface area contributed by atoms with Gasteiger partial charge in [0, 0.05) is 0 Å². The maximum Gasteiger partial charge on any atom is 0.327 e. The van der Waals surface area contributed by atoms with E-state index >= 15 is 0 Å². The van der Waals surface area contributed by atoms with Gasteiger partial charge in [-0.3, -0.25) is 4.52 Å². The van der Waals surface area contributed by atoms with Crippen molar-refractivity contribution in [3.63, 3.8) is 0 Å². The maximum atomic E-state index is 9.93. The lowest BCUT2D eigenvalue weighted by Crippen LogP contribution is -2.06. The first-order chi connectivity index (χ1) is 5.93. The molecule has 1 rings (SSSR count). The SMILES string of the molecule is O=POCCCC1CCCCC1. The molecule has 3 heteroatoms. The van der Waals surface area contributed by atoms with Crippen LogP contribution in [0, 0.1) is 5.92 Å². The highest BCUT2D eigenvalue weighted by atomic mass is 31.1. The minimum absolute atomic E-state index is 0.168. The molecule has 1 fully saturated rings. The van der Waals surface area contributed by atoms with E-state index in [1.807, 2.05) is 0 Å². The molecule has 0 spiro atoms. The van der Waals surface area contributed by atoms with Crippen LogP contribution < -0.4 is 0 Å². The van der Waals surface area contributed by atoms with E-state index in [1.165, 1.54) is 38.5 Å². The van der Waals surface area contributed by atoms with Gasteiger partial charge < -0.3 is 0 Å². The average Bonchev–Trinajstić information content (AvgIpc) is 2.14. The second-order valence-corrected chi connectivity index (χ2v) is 3.96. The molecule has 0 aromatic heterocycles. The van der Waals surface area contributed by atoms with Crippen LogP contribution in [0.5, 0.6) is 0 Å². The van der Waals surface area contributed by atoms with Gasteiger partial charge in [-0.1, -0.05) is 32.1 Å². The van der Waals surface area contributed by atoms with Crippen LogP contribution in [0.2, 0.25) is 0 Å². The van der Waals surface area contributed by atoms with Crippen molar-refractivity contribution in [2.75, 3.05) is 6.61 Å². The lowest BCUT2D eigenvalue weighted by molar-refractivity contribution is 0.282. The van der Waals surface area contributed by atoms with Crippen molar-refractivity contribution in [3.05, 3.63) is 0 Å². The topological polar surface area (TPSA) is 26.3 Å². The van der Waals surface area contributed by atoms with Gasteiger partial charge in [-0.15, -0.1) is 0 Å². The highest BCUT2D eigenvalue weighted by Crippen LogP contribution is 2.27. The van der Waals surface area contributed by atoms with Gasteiger partial charge in [-0.05, 0) is 18.8 Å². The molecule has 0 amide bonds. The van der Waals surface area contributed by atoms with Crippen molar-refractivity contribution >= 4 is 8.69 Å². The Kier molecular flexibility index (Phi) is 5.55. The second kappa shape index (κ2) is 6.56. The van der Waals surface area contributed by atoms with Gasteiger partial charge >= 0.3 is 8.69 Å². The molecule has 12 heavy (non-hydrogen) atoms. The molecule has 0 aromatic rings. The molecule has 0 saturated heterocycles. The van der Waals surface area contributed by atoms with E-state index in [9.17, 15) is 4.57 Å². The van der Waals surface area contributed by atoms with Crippen LogP contribution in [-0.2, 0) is 9.09 Å². The van der Waals surface area contributed by atoms with Gasteiger partial charge in [-0.25, -0.2) is 4.57 Å². The molecule has 1 aliphatic rings. The molecule has 1 saturated carbocycles. The first-order valence-corrected chi connectivity index (χ1v) is 5.61. The van der Waals surface area contributed by atoms with E-state index in [-0.39, 0.29) is 8.69 Å². The summed E-state index contributed by atoms with van der Waals surface area (Å²) in [7, 11) is -0.168. The van der Waals surface area contributed by atoms with Gasteiger partial charge in [0.05, 0.1) is 6.61 Å². The summed E-state index contributed by atoms with van der Waals surface area (Å²) in [6.07, 6.45) is 9.36. The zero-order chi connectivity index (χ0) is 8.65. The van der Waals surface area contributed by atoms with Gasteiger partial charge in [0.1, 0.15) is 0 Å². The van der Waals surface area contributed by atoms with Crippen LogP contribution in [0.3, 0.4) is 0 Å². The summed E-state index contributed by atoms with van der Waals surface area (Å²) in [6.45, 7) is 0.654. The van der Waals surface area contributed by atoms with Crippen LogP contribution in [-0.4, -0.2) is 6.61 Å². The molecule has 0 atom stereocenters. The number of rotatable bonds is 5. The predicted molar refractivity (Wildman–Crippen MR) is 49.4 cm³/mol. The van der Waals surface area contributed by atoms with Crippen LogP contribution >= 0.6 is 8.69 Å². The maximum absolute atomic E-state index is 9.93. The summed E-state index contributed by atoms with van der Waals surface area (Å²) in [4.78, 5) is 0. The summed E-state index contributed by atoms with van der Waals surface area (Å²) in [6, 6.07) is 0. The Morgan fingerprint density at radius 3 is 2.67 bits per heavy atom. The minimum Gasteiger partial charge on any atom is -0.294 e. The Labute approximate surface area is 76.0 Å². The van der Waals surface area contributed by atoms with Crippen molar-refractivity contribution in [2.24, 2.45) is 5.92 Å². The molecular formula is C9H17O2P. The lowest BCUT2D eigenvalue weighted by atomic mass is 9.86. The number of hydrogen-bond donors (Lipinski definition) is 0. The van der Waals surface area contributed by atoms with E-state index in [0.29, 0.717) is 6.61 Å². The largest absolute Gasteiger partial charge is 0.327 e. The fourth-order valence-electron chi connectivity index (χ4n) is 1.95. The van der Waals surface area contributed by atoms with Gasteiger partial charge in [-0.2, -0.15) is 0 Å². The fourth-order valence-corrected chi connectivity index (χ4v) is 2.15. The summed E-state index contributed by atoms with van der Waals surface area (Å²) in [5, 5.41) is 0. The highest BCUT2D eigenvalue weighted by Gasteiger charge is 2.12. The van der Waals surface area contributed by atoms with Gasteiger partial charge in [0.15, 0.2) is 0 Å². The Bertz CT molecular complexity index is 122. The first kappa shape index (κ1) is 10.1. The van der Waals surface area contributed by atoms with Crippen molar-refractivity contribution in [3.8, 4) is 0 Å². The van der Waals surface area contributed by atoms with Gasteiger partial charge in [0.2, 0.25) is 0 Å². The lowest BCUT2D eigenvalue weighted by Gasteiger charge is -2.20. The van der Waals surface area contributed by atoms with E-state index in [2.05, 4.69) is 0 Å². The molecule has 1 aliphatic carbocycles. The number of hydrogen-bond acceptors (Lipinski definition) is 2. The van der Waals surface area contributed by atoms with Crippen molar-refractivity contribution < 1.29 is 9.09 Å². The van der Waals surface area contributed by atoms with Crippen LogP contribution in [0.1, 0.15) is 44.9 Å². The van der Waals surface area contributed by atoms with Crippen LogP contribution in [0.4, 0.5) is 0 Å². The van der Waals surface area contributed by atoms with E-state index < -0.39 is 0 Å². The Morgan fingerprint density at radius 2 is 2.00 bits per heavy atom. The molecule has 0 aromatic carbocycles. The fraction of sp³-hybridized carbons (Fsp3) is 1.00. The Balaban J connectivity index is 1.94. The second-order valence-electron chi connectivity index (χ2n) is 3.55. The summed E-state index contributed by atoms with van der Waals surface area (Å²) < 4.78 is 14.7.